The van der Waals surface area contributed by atoms with Gasteiger partial charge in [-0.2, -0.15) is 0 Å². The summed E-state index contributed by atoms with van der Waals surface area (Å²) in [6.07, 6.45) is 0.458. The molecule has 0 atom stereocenters. The van der Waals surface area contributed by atoms with Gasteiger partial charge >= 0.3 is 6.29 Å². The number of hydrogen-bond donors (Lipinski definition) is 1. The second kappa shape index (κ2) is 5.21. The summed E-state index contributed by atoms with van der Waals surface area (Å²) in [4.78, 5) is 4.36. The van der Waals surface area contributed by atoms with Crippen LogP contribution in [0.15, 0.2) is 30.5 Å². The highest BCUT2D eigenvalue weighted by molar-refractivity contribution is 6.33. The maximum atomic E-state index is 13.1. The first-order chi connectivity index (χ1) is 11.3. The molecule has 2 aliphatic rings. The number of ether oxygens (including phenoxy) is 2. The van der Waals surface area contributed by atoms with E-state index in [1.165, 1.54) is 25.0 Å². The number of halogens is 3. The van der Waals surface area contributed by atoms with Crippen LogP contribution in [0.25, 0.3) is 11.1 Å². The number of fused-ring (bicyclic) bond motifs is 1. The number of benzene rings is 1. The summed E-state index contributed by atoms with van der Waals surface area (Å²) in [7, 11) is 0. The zero-order valence-corrected chi connectivity index (χ0v) is 13.7. The van der Waals surface area contributed by atoms with Gasteiger partial charge in [0.15, 0.2) is 11.5 Å². The zero-order valence-electron chi connectivity index (χ0n) is 12.9. The van der Waals surface area contributed by atoms with Crippen LogP contribution in [0.4, 0.5) is 14.6 Å². The summed E-state index contributed by atoms with van der Waals surface area (Å²) in [6, 6.07) is 6.45. The predicted molar refractivity (Wildman–Crippen MR) is 86.7 cm³/mol. The molecule has 0 spiro atoms. The van der Waals surface area contributed by atoms with E-state index in [4.69, 9.17) is 11.6 Å². The fourth-order valence-electron chi connectivity index (χ4n) is 2.54. The van der Waals surface area contributed by atoms with E-state index in [1.54, 1.807) is 6.20 Å². The summed E-state index contributed by atoms with van der Waals surface area (Å²) in [5.41, 5.74) is 1.65. The van der Waals surface area contributed by atoms with Crippen LogP contribution in [-0.4, -0.2) is 17.8 Å². The molecular weight excluding hydrogens is 338 g/mol. The van der Waals surface area contributed by atoms with Gasteiger partial charge in [0.1, 0.15) is 5.82 Å². The quantitative estimate of drug-likeness (QED) is 0.846. The van der Waals surface area contributed by atoms with Crippen LogP contribution in [0, 0.1) is 5.41 Å². The molecule has 1 aromatic carbocycles. The van der Waals surface area contributed by atoms with Crippen LogP contribution in [0.3, 0.4) is 0 Å². The highest BCUT2D eigenvalue weighted by Crippen LogP contribution is 2.46. The highest BCUT2D eigenvalue weighted by Gasteiger charge is 2.43. The fraction of sp³-hybridized carbons (Fsp3) is 0.353. The number of rotatable bonds is 4. The molecule has 1 fully saturated rings. The number of alkyl halides is 2. The Balaban J connectivity index is 1.56. The number of aromatic nitrogens is 1. The van der Waals surface area contributed by atoms with Crippen LogP contribution < -0.4 is 14.8 Å². The molecule has 0 saturated heterocycles. The van der Waals surface area contributed by atoms with Crippen LogP contribution in [-0.2, 0) is 0 Å². The average molecular weight is 353 g/mol. The highest BCUT2D eigenvalue weighted by atomic mass is 35.5. The minimum absolute atomic E-state index is 0.0386. The van der Waals surface area contributed by atoms with Crippen molar-refractivity contribution in [2.75, 3.05) is 11.9 Å². The summed E-state index contributed by atoms with van der Waals surface area (Å²) in [5.74, 6) is 0.663. The Bertz CT molecular complexity index is 792. The van der Waals surface area contributed by atoms with E-state index in [-0.39, 0.29) is 11.5 Å². The molecule has 24 heavy (non-hydrogen) atoms. The zero-order chi connectivity index (χ0) is 16.9. The predicted octanol–water partition coefficient (Wildman–Crippen LogP) is 4.94. The first-order valence-electron chi connectivity index (χ1n) is 7.63. The van der Waals surface area contributed by atoms with Gasteiger partial charge in [0.2, 0.25) is 0 Å². The third kappa shape index (κ3) is 2.98. The second-order valence-electron chi connectivity index (χ2n) is 6.54. The Kier molecular flexibility index (Phi) is 3.35. The molecule has 1 aliphatic heterocycles. The first-order valence-corrected chi connectivity index (χ1v) is 8.01. The number of hydrogen-bond acceptors (Lipinski definition) is 4. The van der Waals surface area contributed by atoms with E-state index in [1.807, 2.05) is 12.1 Å². The lowest BCUT2D eigenvalue weighted by atomic mass is 10.1. The van der Waals surface area contributed by atoms with Gasteiger partial charge < -0.3 is 14.8 Å². The molecule has 7 heteroatoms. The Hall–Kier alpha value is -2.08. The van der Waals surface area contributed by atoms with E-state index in [0.717, 1.165) is 12.4 Å². The van der Waals surface area contributed by atoms with Gasteiger partial charge in [-0.25, -0.2) is 4.98 Å². The minimum atomic E-state index is -3.66. The molecule has 1 aromatic heterocycles. The average Bonchev–Trinajstić information content (AvgIpc) is 3.18. The minimum Gasteiger partial charge on any atom is -0.395 e. The van der Waals surface area contributed by atoms with Crippen molar-refractivity contribution in [2.45, 2.75) is 26.1 Å². The lowest BCUT2D eigenvalue weighted by molar-refractivity contribution is -0.286. The Labute approximate surface area is 142 Å². The Morgan fingerprint density at radius 1 is 1.21 bits per heavy atom. The molecule has 0 amide bonds. The summed E-state index contributed by atoms with van der Waals surface area (Å²) in [5, 5.41) is 3.60. The maximum absolute atomic E-state index is 13.1. The second-order valence-corrected chi connectivity index (χ2v) is 6.95. The van der Waals surface area contributed by atoms with Crippen molar-refractivity contribution in [3.8, 4) is 22.6 Å². The van der Waals surface area contributed by atoms with Crippen molar-refractivity contribution in [1.82, 2.24) is 4.98 Å². The van der Waals surface area contributed by atoms with Gasteiger partial charge in [-0.1, -0.05) is 18.5 Å². The summed E-state index contributed by atoms with van der Waals surface area (Å²) >= 11 is 6.18. The topological polar surface area (TPSA) is 43.4 Å². The van der Waals surface area contributed by atoms with Gasteiger partial charge in [0.25, 0.3) is 0 Å². The van der Waals surface area contributed by atoms with Gasteiger partial charge in [-0.3, -0.25) is 0 Å². The summed E-state index contributed by atoms with van der Waals surface area (Å²) < 4.78 is 35.1. The van der Waals surface area contributed by atoms with Crippen molar-refractivity contribution >= 4 is 17.4 Å². The molecule has 0 radical (unpaired) electrons. The van der Waals surface area contributed by atoms with Crippen LogP contribution in [0.5, 0.6) is 11.5 Å². The van der Waals surface area contributed by atoms with Crippen molar-refractivity contribution < 1.29 is 18.3 Å². The molecule has 1 saturated carbocycles. The van der Waals surface area contributed by atoms with Crippen LogP contribution in [0.2, 0.25) is 5.02 Å². The SMILES string of the molecule is CC1(CNc2ccc(-c3cc4c(cc3Cl)OC(F)(F)O4)cn2)CC1. The molecule has 1 N–H and O–H groups in total. The molecule has 2 heterocycles. The van der Waals surface area contributed by atoms with Crippen molar-refractivity contribution in [3.63, 3.8) is 0 Å². The fourth-order valence-corrected chi connectivity index (χ4v) is 2.81. The third-order valence-corrected chi connectivity index (χ3v) is 4.68. The van der Waals surface area contributed by atoms with Crippen molar-refractivity contribution in [1.29, 1.82) is 0 Å². The molecular formula is C17H15ClF2N2O2. The molecule has 0 unspecified atom stereocenters. The molecule has 126 valence electrons. The largest absolute Gasteiger partial charge is 0.586 e. The lowest BCUT2D eigenvalue weighted by Crippen LogP contribution is -2.25. The monoisotopic (exact) mass is 352 g/mol. The molecule has 4 nitrogen and oxygen atoms in total. The number of nitrogens with zero attached hydrogens (tertiary/aromatic N) is 1. The Morgan fingerprint density at radius 3 is 2.54 bits per heavy atom. The molecule has 0 bridgehead atoms. The van der Waals surface area contributed by atoms with Crippen molar-refractivity contribution in [3.05, 3.63) is 35.5 Å². The standard InChI is InChI=1S/C17H15ClF2N2O2/c1-16(4-5-16)9-22-15-3-2-10(8-21-15)11-6-13-14(7-12(11)18)24-17(19,20)23-13/h2-3,6-8H,4-5,9H2,1H3,(H,21,22). The van der Waals surface area contributed by atoms with Gasteiger partial charge in [-0.05, 0) is 36.5 Å². The van der Waals surface area contributed by atoms with Gasteiger partial charge in [0, 0.05) is 29.9 Å². The number of nitrogens with one attached hydrogen (secondary N) is 1. The van der Waals surface area contributed by atoms with E-state index in [0.29, 0.717) is 21.6 Å². The maximum Gasteiger partial charge on any atom is 0.586 e. The normalized spacial score (nSPS) is 19.2. The van der Waals surface area contributed by atoms with E-state index in [2.05, 4.69) is 26.7 Å². The van der Waals surface area contributed by atoms with Crippen LogP contribution >= 0.6 is 11.6 Å². The van der Waals surface area contributed by atoms with Gasteiger partial charge in [-0.15, -0.1) is 8.78 Å². The van der Waals surface area contributed by atoms with Crippen molar-refractivity contribution in [2.24, 2.45) is 5.41 Å². The Morgan fingerprint density at radius 2 is 1.92 bits per heavy atom. The van der Waals surface area contributed by atoms with Gasteiger partial charge in [0.05, 0.1) is 5.02 Å². The van der Waals surface area contributed by atoms with E-state index >= 15 is 0 Å². The number of anilines is 1. The van der Waals surface area contributed by atoms with E-state index in [9.17, 15) is 8.78 Å². The number of pyridine rings is 1. The third-order valence-electron chi connectivity index (χ3n) is 4.37. The molecule has 1 aliphatic carbocycles. The first kappa shape index (κ1) is 15.4. The van der Waals surface area contributed by atoms with Crippen LogP contribution in [0.1, 0.15) is 19.8 Å². The van der Waals surface area contributed by atoms with E-state index < -0.39 is 6.29 Å². The molecule has 4 rings (SSSR count). The smallest absolute Gasteiger partial charge is 0.395 e. The molecule has 2 aromatic rings. The lowest BCUT2D eigenvalue weighted by Gasteiger charge is -2.11. The summed E-state index contributed by atoms with van der Waals surface area (Å²) in [6.45, 7) is 3.12.